The predicted octanol–water partition coefficient (Wildman–Crippen LogP) is 4.19. The maximum Gasteiger partial charge on any atom is 0.251 e. The van der Waals surface area contributed by atoms with Crippen LogP contribution in [0.15, 0.2) is 48.5 Å². The summed E-state index contributed by atoms with van der Waals surface area (Å²) in [6, 6.07) is 14.9. The Bertz CT molecular complexity index is 781. The van der Waals surface area contributed by atoms with Crippen molar-refractivity contribution in [1.29, 1.82) is 0 Å². The number of hydrogen-bond acceptors (Lipinski definition) is 2. The van der Waals surface area contributed by atoms with Crippen molar-refractivity contribution < 1.29 is 9.59 Å². The summed E-state index contributed by atoms with van der Waals surface area (Å²) in [5.74, 6) is -0.418. The summed E-state index contributed by atoms with van der Waals surface area (Å²) in [7, 11) is 0. The molecule has 0 saturated heterocycles. The van der Waals surface area contributed by atoms with Gasteiger partial charge >= 0.3 is 0 Å². The van der Waals surface area contributed by atoms with Crippen molar-refractivity contribution in [3.63, 3.8) is 0 Å². The molecule has 0 aliphatic rings. The smallest absolute Gasteiger partial charge is 0.251 e. The van der Waals surface area contributed by atoms with Gasteiger partial charge in [-0.15, -0.1) is 0 Å². The Balaban J connectivity index is 2.06. The second-order valence-corrected chi connectivity index (χ2v) is 7.39. The van der Waals surface area contributed by atoms with Crippen LogP contribution in [-0.2, 0) is 11.2 Å². The number of carbonyl (C=O) groups is 2. The van der Waals surface area contributed by atoms with Crippen LogP contribution in [0, 0.1) is 12.8 Å². The molecule has 2 amide bonds. The molecule has 0 saturated carbocycles. The van der Waals surface area contributed by atoms with Crippen molar-refractivity contribution in [3.8, 4) is 0 Å². The summed E-state index contributed by atoms with van der Waals surface area (Å²) in [4.78, 5) is 25.4. The number of rotatable bonds is 7. The van der Waals surface area contributed by atoms with Gasteiger partial charge in [-0.25, -0.2) is 0 Å². The van der Waals surface area contributed by atoms with Gasteiger partial charge in [0.2, 0.25) is 5.91 Å². The first-order valence-corrected chi connectivity index (χ1v) is 9.58. The molecule has 2 rings (SSSR count). The van der Waals surface area contributed by atoms with Gasteiger partial charge in [-0.2, -0.15) is 0 Å². The fourth-order valence-electron chi connectivity index (χ4n) is 2.97. The molecule has 0 aromatic heterocycles. The van der Waals surface area contributed by atoms with E-state index in [0.29, 0.717) is 5.56 Å². The Morgan fingerprint density at radius 2 is 1.63 bits per heavy atom. The number of nitrogens with one attached hydrogen (secondary N) is 2. The molecule has 2 atom stereocenters. The average molecular weight is 367 g/mol. The standard InChI is InChI=1S/C23H30N2O2/c1-6-18-10-12-19(13-11-18)17(5)24-23(27)21(15(2)3)25-22(26)20-9-7-8-16(4)14-20/h7-15,17,21H,6H2,1-5H3,(H,24,27)(H,25,26). The molecule has 4 heteroatoms. The van der Waals surface area contributed by atoms with Crippen LogP contribution in [0.5, 0.6) is 0 Å². The van der Waals surface area contributed by atoms with E-state index in [9.17, 15) is 9.59 Å². The third-order valence-corrected chi connectivity index (χ3v) is 4.76. The van der Waals surface area contributed by atoms with E-state index >= 15 is 0 Å². The van der Waals surface area contributed by atoms with E-state index in [0.717, 1.165) is 17.5 Å². The van der Waals surface area contributed by atoms with E-state index in [1.54, 1.807) is 6.07 Å². The summed E-state index contributed by atoms with van der Waals surface area (Å²) in [6.07, 6.45) is 0.988. The van der Waals surface area contributed by atoms with Gasteiger partial charge < -0.3 is 10.6 Å². The first-order valence-electron chi connectivity index (χ1n) is 9.58. The van der Waals surface area contributed by atoms with Gasteiger partial charge in [0.05, 0.1) is 6.04 Å². The van der Waals surface area contributed by atoms with Crippen molar-refractivity contribution in [1.82, 2.24) is 10.6 Å². The van der Waals surface area contributed by atoms with Crippen LogP contribution in [0.2, 0.25) is 0 Å². The average Bonchev–Trinajstić information content (AvgIpc) is 2.65. The molecule has 0 bridgehead atoms. The molecule has 0 radical (unpaired) electrons. The molecule has 4 nitrogen and oxygen atoms in total. The van der Waals surface area contributed by atoms with Crippen molar-refractivity contribution in [2.75, 3.05) is 0 Å². The Kier molecular flexibility index (Phi) is 7.17. The Labute approximate surface area is 162 Å². The molecule has 144 valence electrons. The largest absolute Gasteiger partial charge is 0.348 e. The van der Waals surface area contributed by atoms with Gasteiger partial charge in [-0.3, -0.25) is 9.59 Å². The van der Waals surface area contributed by atoms with E-state index in [-0.39, 0.29) is 23.8 Å². The molecule has 2 aromatic rings. The van der Waals surface area contributed by atoms with Crippen LogP contribution in [0.25, 0.3) is 0 Å². The number of benzene rings is 2. The van der Waals surface area contributed by atoms with Crippen LogP contribution in [0.1, 0.15) is 60.8 Å². The maximum absolute atomic E-state index is 12.8. The minimum absolute atomic E-state index is 0.0200. The van der Waals surface area contributed by atoms with Crippen molar-refractivity contribution in [2.45, 2.75) is 53.1 Å². The third-order valence-electron chi connectivity index (χ3n) is 4.76. The van der Waals surface area contributed by atoms with E-state index in [2.05, 4.69) is 29.7 Å². The highest BCUT2D eigenvalue weighted by atomic mass is 16.2. The van der Waals surface area contributed by atoms with Crippen molar-refractivity contribution in [2.24, 2.45) is 5.92 Å². The number of amides is 2. The first kappa shape index (κ1) is 20.7. The van der Waals surface area contributed by atoms with E-state index < -0.39 is 6.04 Å². The van der Waals surface area contributed by atoms with Gasteiger partial charge in [-0.05, 0) is 49.4 Å². The van der Waals surface area contributed by atoms with Gasteiger partial charge in [-0.1, -0.05) is 62.7 Å². The Hall–Kier alpha value is -2.62. The van der Waals surface area contributed by atoms with Gasteiger partial charge in [0.15, 0.2) is 0 Å². The normalized spacial score (nSPS) is 13.1. The molecule has 0 heterocycles. The number of aryl methyl sites for hydroxylation is 2. The lowest BCUT2D eigenvalue weighted by molar-refractivity contribution is -0.124. The molecular weight excluding hydrogens is 336 g/mol. The minimum Gasteiger partial charge on any atom is -0.348 e. The molecule has 27 heavy (non-hydrogen) atoms. The fraction of sp³-hybridized carbons (Fsp3) is 0.391. The maximum atomic E-state index is 12.8. The van der Waals surface area contributed by atoms with Crippen LogP contribution in [0.4, 0.5) is 0 Å². The molecule has 2 unspecified atom stereocenters. The summed E-state index contributed by atoms with van der Waals surface area (Å²) in [5.41, 5.74) is 3.89. The molecule has 0 aliphatic carbocycles. The second kappa shape index (κ2) is 9.36. The predicted molar refractivity (Wildman–Crippen MR) is 110 cm³/mol. The topological polar surface area (TPSA) is 58.2 Å². The Morgan fingerprint density at radius 3 is 2.19 bits per heavy atom. The van der Waals surface area contributed by atoms with E-state index in [1.807, 2.05) is 58.0 Å². The van der Waals surface area contributed by atoms with Gasteiger partial charge in [0.25, 0.3) is 5.91 Å². The SMILES string of the molecule is CCc1ccc(C(C)NC(=O)C(NC(=O)c2cccc(C)c2)C(C)C)cc1. The van der Waals surface area contributed by atoms with Gasteiger partial charge in [0, 0.05) is 5.56 Å². The summed E-state index contributed by atoms with van der Waals surface area (Å²) < 4.78 is 0. The highest BCUT2D eigenvalue weighted by Crippen LogP contribution is 2.15. The lowest BCUT2D eigenvalue weighted by Gasteiger charge is -2.24. The van der Waals surface area contributed by atoms with Crippen LogP contribution >= 0.6 is 0 Å². The lowest BCUT2D eigenvalue weighted by Crippen LogP contribution is -2.50. The van der Waals surface area contributed by atoms with E-state index in [4.69, 9.17) is 0 Å². The van der Waals surface area contributed by atoms with Crippen molar-refractivity contribution >= 4 is 11.8 Å². The zero-order chi connectivity index (χ0) is 20.0. The molecular formula is C23H30N2O2. The van der Waals surface area contributed by atoms with Crippen molar-refractivity contribution in [3.05, 3.63) is 70.8 Å². The van der Waals surface area contributed by atoms with Crippen LogP contribution in [0.3, 0.4) is 0 Å². The van der Waals surface area contributed by atoms with Crippen LogP contribution in [-0.4, -0.2) is 17.9 Å². The third kappa shape index (κ3) is 5.68. The first-order chi connectivity index (χ1) is 12.8. The number of hydrogen-bond donors (Lipinski definition) is 2. The zero-order valence-corrected chi connectivity index (χ0v) is 16.9. The molecule has 0 aliphatic heterocycles. The molecule has 2 aromatic carbocycles. The second-order valence-electron chi connectivity index (χ2n) is 7.39. The lowest BCUT2D eigenvalue weighted by atomic mass is 10.0. The van der Waals surface area contributed by atoms with Gasteiger partial charge in [0.1, 0.15) is 6.04 Å². The summed E-state index contributed by atoms with van der Waals surface area (Å²) >= 11 is 0. The number of carbonyl (C=O) groups excluding carboxylic acids is 2. The molecule has 0 spiro atoms. The molecule has 0 fully saturated rings. The summed E-state index contributed by atoms with van der Waals surface area (Å²) in [6.45, 7) is 9.88. The summed E-state index contributed by atoms with van der Waals surface area (Å²) in [5, 5.41) is 5.91. The van der Waals surface area contributed by atoms with Crippen LogP contribution < -0.4 is 10.6 Å². The van der Waals surface area contributed by atoms with E-state index in [1.165, 1.54) is 5.56 Å². The Morgan fingerprint density at radius 1 is 0.963 bits per heavy atom. The molecule has 2 N–H and O–H groups in total. The zero-order valence-electron chi connectivity index (χ0n) is 16.9. The highest BCUT2D eigenvalue weighted by molar-refractivity contribution is 5.97. The monoisotopic (exact) mass is 366 g/mol. The quantitative estimate of drug-likeness (QED) is 0.772. The highest BCUT2D eigenvalue weighted by Gasteiger charge is 2.26. The minimum atomic E-state index is -0.588. The fourth-order valence-corrected chi connectivity index (χ4v) is 2.97.